The van der Waals surface area contributed by atoms with Crippen LogP contribution >= 0.6 is 0 Å². The van der Waals surface area contributed by atoms with Crippen molar-refractivity contribution in [1.29, 1.82) is 0 Å². The van der Waals surface area contributed by atoms with E-state index in [0.717, 1.165) is 6.54 Å². The summed E-state index contributed by atoms with van der Waals surface area (Å²) in [5.41, 5.74) is 0. The molecule has 0 saturated heterocycles. The zero-order valence-corrected chi connectivity index (χ0v) is 9.02. The number of ketones is 1. The molecule has 1 amide bonds. The lowest BCUT2D eigenvalue weighted by Gasteiger charge is -2.14. The zero-order valence-electron chi connectivity index (χ0n) is 9.02. The van der Waals surface area contributed by atoms with E-state index < -0.39 is 6.04 Å². The van der Waals surface area contributed by atoms with Gasteiger partial charge < -0.3 is 16.0 Å². The van der Waals surface area contributed by atoms with Crippen LogP contribution in [0.1, 0.15) is 13.3 Å². The molecular formula is C9H19N3O2. The molecule has 0 aromatic rings. The number of carbonyl (C=O) groups excluding carboxylic acids is 2. The minimum absolute atomic E-state index is 0.00752. The Morgan fingerprint density at radius 1 is 1.21 bits per heavy atom. The summed E-state index contributed by atoms with van der Waals surface area (Å²) in [4.78, 5) is 22.2. The van der Waals surface area contributed by atoms with Gasteiger partial charge in [0.1, 0.15) is 5.78 Å². The second-order valence-electron chi connectivity index (χ2n) is 3.14. The van der Waals surface area contributed by atoms with Gasteiger partial charge in [0.15, 0.2) is 0 Å². The van der Waals surface area contributed by atoms with Gasteiger partial charge in [-0.05, 0) is 21.0 Å². The maximum atomic E-state index is 11.4. The van der Waals surface area contributed by atoms with E-state index in [-0.39, 0.29) is 18.1 Å². The molecule has 0 heterocycles. The van der Waals surface area contributed by atoms with Crippen LogP contribution in [0.2, 0.25) is 0 Å². The van der Waals surface area contributed by atoms with Crippen molar-refractivity contribution >= 4 is 11.7 Å². The molecule has 0 bridgehead atoms. The first-order valence-electron chi connectivity index (χ1n) is 4.70. The van der Waals surface area contributed by atoms with E-state index >= 15 is 0 Å². The Morgan fingerprint density at radius 2 is 1.86 bits per heavy atom. The molecule has 14 heavy (non-hydrogen) atoms. The Hall–Kier alpha value is -0.940. The normalized spacial score (nSPS) is 12.2. The van der Waals surface area contributed by atoms with Gasteiger partial charge in [0.25, 0.3) is 0 Å². The summed E-state index contributed by atoms with van der Waals surface area (Å²) < 4.78 is 0. The molecule has 0 aliphatic rings. The maximum Gasteiger partial charge on any atom is 0.237 e. The number of Topliss-reactive ketones (excluding diaryl/α,β-unsaturated/α-hetero) is 1. The van der Waals surface area contributed by atoms with Crippen molar-refractivity contribution in [2.45, 2.75) is 19.4 Å². The molecule has 82 valence electrons. The molecule has 5 heteroatoms. The molecule has 0 aromatic heterocycles. The number of rotatable bonds is 7. The Morgan fingerprint density at radius 3 is 2.29 bits per heavy atom. The average molecular weight is 201 g/mol. The smallest absolute Gasteiger partial charge is 0.237 e. The van der Waals surface area contributed by atoms with Crippen molar-refractivity contribution in [2.75, 3.05) is 27.2 Å². The maximum absolute atomic E-state index is 11.4. The van der Waals surface area contributed by atoms with Crippen molar-refractivity contribution in [3.63, 3.8) is 0 Å². The highest BCUT2D eigenvalue weighted by Gasteiger charge is 2.16. The highest BCUT2D eigenvalue weighted by atomic mass is 16.2. The lowest BCUT2D eigenvalue weighted by atomic mass is 10.1. The lowest BCUT2D eigenvalue weighted by molar-refractivity contribution is -0.126. The summed E-state index contributed by atoms with van der Waals surface area (Å²) in [6, 6.07) is -0.413. The third-order valence-electron chi connectivity index (χ3n) is 1.83. The summed E-state index contributed by atoms with van der Waals surface area (Å²) in [6.45, 7) is 2.78. The van der Waals surface area contributed by atoms with E-state index in [2.05, 4.69) is 16.0 Å². The topological polar surface area (TPSA) is 70.2 Å². The Bertz CT molecular complexity index is 194. The number of hydrogen-bond acceptors (Lipinski definition) is 4. The minimum atomic E-state index is -0.413. The Kier molecular flexibility index (Phi) is 6.96. The molecular weight excluding hydrogens is 182 g/mol. The van der Waals surface area contributed by atoms with Gasteiger partial charge in [0, 0.05) is 19.5 Å². The molecule has 0 radical (unpaired) electrons. The number of carbonyl (C=O) groups is 2. The lowest BCUT2D eigenvalue weighted by Crippen LogP contribution is -2.45. The first-order valence-corrected chi connectivity index (χ1v) is 4.70. The van der Waals surface area contributed by atoms with Crippen LogP contribution in [0.15, 0.2) is 0 Å². The molecule has 0 saturated carbocycles. The highest BCUT2D eigenvalue weighted by Crippen LogP contribution is 1.92. The van der Waals surface area contributed by atoms with Crippen molar-refractivity contribution in [2.24, 2.45) is 0 Å². The molecule has 1 unspecified atom stereocenters. The van der Waals surface area contributed by atoms with Gasteiger partial charge in [-0.25, -0.2) is 0 Å². The highest BCUT2D eigenvalue weighted by molar-refractivity contribution is 5.88. The fourth-order valence-corrected chi connectivity index (χ4v) is 1.05. The van der Waals surface area contributed by atoms with Gasteiger partial charge in [0.2, 0.25) is 5.91 Å². The van der Waals surface area contributed by atoms with Crippen LogP contribution in [-0.4, -0.2) is 44.9 Å². The average Bonchev–Trinajstić information content (AvgIpc) is 2.14. The molecule has 0 rings (SSSR count). The van der Waals surface area contributed by atoms with Crippen LogP contribution in [0.4, 0.5) is 0 Å². The van der Waals surface area contributed by atoms with E-state index in [9.17, 15) is 9.59 Å². The first-order chi connectivity index (χ1) is 6.61. The van der Waals surface area contributed by atoms with Gasteiger partial charge in [0.05, 0.1) is 6.04 Å². The summed E-state index contributed by atoms with van der Waals surface area (Å²) in [5, 5.41) is 8.45. The predicted octanol–water partition coefficient (Wildman–Crippen LogP) is -1.11. The quantitative estimate of drug-likeness (QED) is 0.457. The van der Waals surface area contributed by atoms with Crippen molar-refractivity contribution < 1.29 is 9.59 Å². The van der Waals surface area contributed by atoms with Gasteiger partial charge in [-0.3, -0.25) is 9.59 Å². The molecule has 5 nitrogen and oxygen atoms in total. The van der Waals surface area contributed by atoms with Gasteiger partial charge in [-0.15, -0.1) is 0 Å². The van der Waals surface area contributed by atoms with Crippen molar-refractivity contribution in [3.05, 3.63) is 0 Å². The molecule has 0 aromatic carbocycles. The van der Waals surface area contributed by atoms with Crippen LogP contribution < -0.4 is 16.0 Å². The molecule has 0 aliphatic heterocycles. The van der Waals surface area contributed by atoms with E-state index in [1.54, 1.807) is 7.05 Å². The molecule has 0 fully saturated rings. The van der Waals surface area contributed by atoms with Crippen LogP contribution in [0.25, 0.3) is 0 Å². The summed E-state index contributed by atoms with van der Waals surface area (Å²) >= 11 is 0. The summed E-state index contributed by atoms with van der Waals surface area (Å²) in [6.07, 6.45) is 0.238. The van der Waals surface area contributed by atoms with E-state index in [1.807, 2.05) is 7.05 Å². The third-order valence-corrected chi connectivity index (χ3v) is 1.83. The van der Waals surface area contributed by atoms with E-state index in [4.69, 9.17) is 0 Å². The zero-order chi connectivity index (χ0) is 11.0. The van der Waals surface area contributed by atoms with Crippen molar-refractivity contribution in [1.82, 2.24) is 16.0 Å². The van der Waals surface area contributed by atoms with Gasteiger partial charge in [-0.1, -0.05) is 0 Å². The van der Waals surface area contributed by atoms with E-state index in [0.29, 0.717) is 6.54 Å². The second kappa shape index (κ2) is 7.46. The first kappa shape index (κ1) is 13.1. The van der Waals surface area contributed by atoms with E-state index in [1.165, 1.54) is 6.92 Å². The standard InChI is InChI=1S/C9H19N3O2/c1-7(13)6-8(11-3)9(14)12-5-4-10-2/h8,10-11H,4-6H2,1-3H3,(H,12,14). The fourth-order valence-electron chi connectivity index (χ4n) is 1.05. The third kappa shape index (κ3) is 5.66. The van der Waals surface area contributed by atoms with Crippen LogP contribution in [0.3, 0.4) is 0 Å². The van der Waals surface area contributed by atoms with Gasteiger partial charge >= 0.3 is 0 Å². The number of likely N-dealkylation sites (N-methyl/N-ethyl adjacent to an activating group) is 2. The summed E-state index contributed by atoms with van der Waals surface area (Å²) in [5.74, 6) is -0.119. The van der Waals surface area contributed by atoms with Crippen LogP contribution in [0, 0.1) is 0 Å². The number of amides is 1. The molecule has 3 N–H and O–H groups in total. The largest absolute Gasteiger partial charge is 0.353 e. The van der Waals surface area contributed by atoms with Crippen LogP contribution in [0.5, 0.6) is 0 Å². The van der Waals surface area contributed by atoms with Crippen LogP contribution in [-0.2, 0) is 9.59 Å². The fraction of sp³-hybridized carbons (Fsp3) is 0.778. The second-order valence-corrected chi connectivity index (χ2v) is 3.14. The van der Waals surface area contributed by atoms with Crippen molar-refractivity contribution in [3.8, 4) is 0 Å². The van der Waals surface area contributed by atoms with Gasteiger partial charge in [-0.2, -0.15) is 0 Å². The number of hydrogen-bond donors (Lipinski definition) is 3. The predicted molar refractivity (Wildman–Crippen MR) is 55.1 cm³/mol. The number of nitrogens with one attached hydrogen (secondary N) is 3. The molecule has 0 spiro atoms. The Balaban J connectivity index is 3.85. The monoisotopic (exact) mass is 201 g/mol. The molecule has 1 atom stereocenters. The SMILES string of the molecule is CNCCNC(=O)C(CC(C)=O)NC. The summed E-state index contributed by atoms with van der Waals surface area (Å²) in [7, 11) is 3.49. The Labute approximate surface area is 84.6 Å². The molecule has 0 aliphatic carbocycles. The minimum Gasteiger partial charge on any atom is -0.353 e.